The summed E-state index contributed by atoms with van der Waals surface area (Å²) in [6.45, 7) is 0. The lowest BCUT2D eigenvalue weighted by Crippen LogP contribution is -2.12. The fraction of sp³-hybridized carbons (Fsp3) is 0. The van der Waals surface area contributed by atoms with E-state index in [-0.39, 0.29) is 16.9 Å². The van der Waals surface area contributed by atoms with Crippen molar-refractivity contribution in [3.8, 4) is 28.0 Å². The monoisotopic (exact) mass is 313 g/mol. The molecule has 7 nitrogen and oxygen atoms in total. The van der Waals surface area contributed by atoms with Crippen molar-refractivity contribution in [3.05, 3.63) is 61.7 Å². The Kier molecular flexibility index (Phi) is 3.33. The minimum Gasteiger partial charge on any atom is -0.401 e. The average molecular weight is 313 g/mol. The number of aromatic nitrogens is 1. The van der Waals surface area contributed by atoms with Crippen molar-refractivity contribution in [2.45, 2.75) is 0 Å². The van der Waals surface area contributed by atoms with Gasteiger partial charge in [-0.3, -0.25) is 14.9 Å². The average Bonchev–Trinajstić information content (AvgIpc) is 3.18. The van der Waals surface area contributed by atoms with E-state index >= 15 is 0 Å². The highest BCUT2D eigenvalue weighted by Crippen LogP contribution is 2.31. The van der Waals surface area contributed by atoms with E-state index in [4.69, 9.17) is 9.68 Å². The fourth-order valence-corrected chi connectivity index (χ4v) is 2.70. The normalized spacial score (nSPS) is 10.3. The van der Waals surface area contributed by atoms with Crippen molar-refractivity contribution >= 4 is 17.2 Å². The van der Waals surface area contributed by atoms with Gasteiger partial charge in [-0.1, -0.05) is 6.07 Å². The predicted octanol–water partition coefficient (Wildman–Crippen LogP) is 3.14. The minimum absolute atomic E-state index is 0.104. The highest BCUT2D eigenvalue weighted by Gasteiger charge is 2.19. The summed E-state index contributed by atoms with van der Waals surface area (Å²) in [5.41, 5.74) is 0.0304. The number of nitrogens with zero attached hydrogens (tertiary/aromatic N) is 2. The Bertz CT molecular complexity index is 947. The number of H-pyrrole nitrogens is 1. The second-order valence-corrected chi connectivity index (χ2v) is 5.23. The summed E-state index contributed by atoms with van der Waals surface area (Å²) in [6, 6.07) is 9.57. The molecule has 1 N–H and O–H groups in total. The first-order valence-electron chi connectivity index (χ1n) is 6.06. The summed E-state index contributed by atoms with van der Waals surface area (Å²) in [4.78, 5) is 25.5. The molecule has 0 unspecified atom stereocenters. The third-order valence-electron chi connectivity index (χ3n) is 2.97. The van der Waals surface area contributed by atoms with E-state index in [1.807, 2.05) is 17.5 Å². The van der Waals surface area contributed by atoms with Gasteiger partial charge < -0.3 is 9.40 Å². The molecule has 0 spiro atoms. The number of nitro groups is 1. The Morgan fingerprint density at radius 1 is 1.36 bits per heavy atom. The standard InChI is InChI=1S/C14H7N3O4S/c15-7-9-8(11-3-4-13(21-11)17(19)20)6-10(16-14(9)18)12-2-1-5-22-12/h1-6H,(H,16,18). The third-order valence-corrected chi connectivity index (χ3v) is 3.87. The molecule has 0 aromatic carbocycles. The summed E-state index contributed by atoms with van der Waals surface area (Å²) in [7, 11) is 0. The molecule has 108 valence electrons. The molecule has 0 saturated carbocycles. The highest BCUT2D eigenvalue weighted by atomic mass is 32.1. The molecular formula is C14H7N3O4S. The number of furan rings is 1. The Morgan fingerprint density at radius 2 is 2.18 bits per heavy atom. The number of hydrogen-bond donors (Lipinski definition) is 1. The van der Waals surface area contributed by atoms with E-state index in [0.29, 0.717) is 5.69 Å². The van der Waals surface area contributed by atoms with Crippen LogP contribution in [0.3, 0.4) is 0 Å². The van der Waals surface area contributed by atoms with Crippen LogP contribution in [0.2, 0.25) is 0 Å². The van der Waals surface area contributed by atoms with Gasteiger partial charge in [0.2, 0.25) is 0 Å². The van der Waals surface area contributed by atoms with Crippen molar-refractivity contribution < 1.29 is 9.34 Å². The molecule has 3 heterocycles. The molecule has 0 saturated heterocycles. The van der Waals surface area contributed by atoms with Crippen LogP contribution in [0.4, 0.5) is 5.88 Å². The summed E-state index contributed by atoms with van der Waals surface area (Å²) < 4.78 is 5.10. The maximum Gasteiger partial charge on any atom is 0.433 e. The number of aromatic amines is 1. The molecule has 3 aromatic rings. The number of nitriles is 1. The first kappa shape index (κ1) is 13.8. The second-order valence-electron chi connectivity index (χ2n) is 4.28. The van der Waals surface area contributed by atoms with E-state index in [1.54, 1.807) is 12.1 Å². The van der Waals surface area contributed by atoms with Crippen molar-refractivity contribution in [2.75, 3.05) is 0 Å². The van der Waals surface area contributed by atoms with Gasteiger partial charge in [-0.2, -0.15) is 5.26 Å². The van der Waals surface area contributed by atoms with Crippen LogP contribution in [0.1, 0.15) is 5.56 Å². The Morgan fingerprint density at radius 3 is 2.77 bits per heavy atom. The number of rotatable bonds is 3. The van der Waals surface area contributed by atoms with Gasteiger partial charge in [0.15, 0.2) is 0 Å². The third kappa shape index (κ3) is 2.30. The Balaban J connectivity index is 2.22. The maximum atomic E-state index is 12.1. The van der Waals surface area contributed by atoms with Crippen LogP contribution in [0.25, 0.3) is 21.9 Å². The Labute approximate surface area is 127 Å². The van der Waals surface area contributed by atoms with Crippen molar-refractivity contribution in [2.24, 2.45) is 0 Å². The smallest absolute Gasteiger partial charge is 0.401 e. The van der Waals surface area contributed by atoms with Gasteiger partial charge in [-0.25, -0.2) is 0 Å². The number of pyridine rings is 1. The number of nitrogens with one attached hydrogen (secondary N) is 1. The molecule has 0 radical (unpaired) electrons. The quantitative estimate of drug-likeness (QED) is 0.589. The second kappa shape index (κ2) is 5.31. The van der Waals surface area contributed by atoms with Crippen LogP contribution in [0, 0.1) is 21.4 Å². The van der Waals surface area contributed by atoms with E-state index in [2.05, 4.69) is 4.98 Å². The topological polar surface area (TPSA) is 113 Å². The fourth-order valence-electron chi connectivity index (χ4n) is 2.00. The summed E-state index contributed by atoms with van der Waals surface area (Å²) in [6.07, 6.45) is 0. The van der Waals surface area contributed by atoms with Gasteiger partial charge in [0.05, 0.1) is 16.6 Å². The van der Waals surface area contributed by atoms with Crippen molar-refractivity contribution in [1.82, 2.24) is 4.98 Å². The molecule has 3 aromatic heterocycles. The molecule has 0 fully saturated rings. The minimum atomic E-state index is -0.678. The molecular weight excluding hydrogens is 306 g/mol. The van der Waals surface area contributed by atoms with Crippen LogP contribution in [-0.4, -0.2) is 9.91 Å². The first-order chi connectivity index (χ1) is 10.6. The zero-order valence-electron chi connectivity index (χ0n) is 10.9. The van der Waals surface area contributed by atoms with Gasteiger partial charge in [0.25, 0.3) is 5.56 Å². The molecule has 0 amide bonds. The van der Waals surface area contributed by atoms with E-state index in [9.17, 15) is 14.9 Å². The zero-order valence-corrected chi connectivity index (χ0v) is 11.7. The predicted molar refractivity (Wildman–Crippen MR) is 79.4 cm³/mol. The van der Waals surface area contributed by atoms with E-state index < -0.39 is 16.4 Å². The highest BCUT2D eigenvalue weighted by molar-refractivity contribution is 7.13. The molecule has 0 atom stereocenters. The van der Waals surface area contributed by atoms with Gasteiger partial charge in [-0.15, -0.1) is 11.3 Å². The van der Waals surface area contributed by atoms with Gasteiger partial charge >= 0.3 is 5.88 Å². The molecule has 0 aliphatic rings. The van der Waals surface area contributed by atoms with Crippen LogP contribution in [0.15, 0.2) is 44.9 Å². The maximum absolute atomic E-state index is 12.1. The molecule has 0 aliphatic carbocycles. The molecule has 0 bridgehead atoms. The largest absolute Gasteiger partial charge is 0.433 e. The zero-order chi connectivity index (χ0) is 15.7. The van der Waals surface area contributed by atoms with E-state index in [0.717, 1.165) is 4.88 Å². The molecule has 22 heavy (non-hydrogen) atoms. The lowest BCUT2D eigenvalue weighted by atomic mass is 10.1. The molecule has 8 heteroatoms. The Hall–Kier alpha value is -3.18. The summed E-state index contributed by atoms with van der Waals surface area (Å²) >= 11 is 1.42. The summed E-state index contributed by atoms with van der Waals surface area (Å²) in [5, 5.41) is 21.7. The summed E-state index contributed by atoms with van der Waals surface area (Å²) in [5.74, 6) is -0.344. The number of hydrogen-bond acceptors (Lipinski definition) is 6. The lowest BCUT2D eigenvalue weighted by molar-refractivity contribution is -0.401. The van der Waals surface area contributed by atoms with Crippen LogP contribution in [0.5, 0.6) is 0 Å². The first-order valence-corrected chi connectivity index (χ1v) is 6.94. The van der Waals surface area contributed by atoms with E-state index in [1.165, 1.54) is 23.5 Å². The van der Waals surface area contributed by atoms with Crippen LogP contribution < -0.4 is 5.56 Å². The lowest BCUT2D eigenvalue weighted by Gasteiger charge is -2.03. The molecule has 3 rings (SSSR count). The van der Waals surface area contributed by atoms with Gasteiger partial charge in [0, 0.05) is 5.56 Å². The van der Waals surface area contributed by atoms with Crippen LogP contribution in [-0.2, 0) is 0 Å². The SMILES string of the molecule is N#Cc1c(-c2ccc([N+](=O)[O-])o2)cc(-c2cccs2)[nH]c1=O. The van der Waals surface area contributed by atoms with Gasteiger partial charge in [-0.05, 0) is 23.6 Å². The van der Waals surface area contributed by atoms with Crippen LogP contribution >= 0.6 is 11.3 Å². The van der Waals surface area contributed by atoms with Gasteiger partial charge in [0.1, 0.15) is 22.3 Å². The number of thiophene rings is 1. The van der Waals surface area contributed by atoms with Crippen molar-refractivity contribution in [3.63, 3.8) is 0 Å². The molecule has 0 aliphatic heterocycles. The van der Waals surface area contributed by atoms with Crippen molar-refractivity contribution in [1.29, 1.82) is 5.26 Å².